The minimum atomic E-state index is -0.162. The van der Waals surface area contributed by atoms with Crippen LogP contribution in [0.2, 0.25) is 0 Å². The van der Waals surface area contributed by atoms with Crippen molar-refractivity contribution in [3.05, 3.63) is 84.2 Å². The van der Waals surface area contributed by atoms with Crippen molar-refractivity contribution in [1.29, 1.82) is 0 Å². The first-order valence-corrected chi connectivity index (χ1v) is 11.8. The molecule has 8 nitrogen and oxygen atoms in total. The molecule has 1 aliphatic rings. The number of H-pyrrole nitrogens is 2. The van der Waals surface area contributed by atoms with Crippen molar-refractivity contribution in [2.75, 3.05) is 18.4 Å². The second kappa shape index (κ2) is 9.15. The normalized spacial score (nSPS) is 13.9. The molecular weight excluding hydrogens is 438 g/mol. The monoisotopic (exact) mass is 463 g/mol. The summed E-state index contributed by atoms with van der Waals surface area (Å²) in [5.41, 5.74) is 4.80. The first-order valence-electron chi connectivity index (χ1n) is 11.8. The number of fused-ring (bicyclic) bond motifs is 1. The van der Waals surface area contributed by atoms with Crippen LogP contribution in [0.15, 0.2) is 72.8 Å². The summed E-state index contributed by atoms with van der Waals surface area (Å²) < 4.78 is 0. The summed E-state index contributed by atoms with van der Waals surface area (Å²) in [5.74, 6) is 1.39. The van der Waals surface area contributed by atoms with Gasteiger partial charge in [-0.1, -0.05) is 30.3 Å². The van der Waals surface area contributed by atoms with Gasteiger partial charge in [0.1, 0.15) is 5.82 Å². The second-order valence-electron chi connectivity index (χ2n) is 8.82. The van der Waals surface area contributed by atoms with Crippen molar-refractivity contribution in [2.45, 2.75) is 19.4 Å². The fraction of sp³-hybridized carbons (Fsp3) is 0.185. The molecule has 1 amide bonds. The molecule has 174 valence electrons. The van der Waals surface area contributed by atoms with E-state index in [2.05, 4.69) is 30.6 Å². The number of amides is 1. The van der Waals surface area contributed by atoms with E-state index in [0.29, 0.717) is 11.4 Å². The number of rotatable bonds is 6. The van der Waals surface area contributed by atoms with E-state index in [1.54, 1.807) is 6.07 Å². The lowest BCUT2D eigenvalue weighted by molar-refractivity contribution is 0.102. The molecule has 0 bridgehead atoms. The number of aromatic nitrogens is 5. The van der Waals surface area contributed by atoms with Gasteiger partial charge in [-0.15, -0.1) is 0 Å². The van der Waals surface area contributed by atoms with Crippen LogP contribution >= 0.6 is 0 Å². The van der Waals surface area contributed by atoms with E-state index < -0.39 is 0 Å². The van der Waals surface area contributed by atoms with E-state index in [-0.39, 0.29) is 5.91 Å². The van der Waals surface area contributed by atoms with Crippen molar-refractivity contribution < 1.29 is 4.79 Å². The zero-order valence-electron chi connectivity index (χ0n) is 19.2. The molecule has 3 aromatic carbocycles. The maximum Gasteiger partial charge on any atom is 0.255 e. The van der Waals surface area contributed by atoms with E-state index >= 15 is 0 Å². The lowest BCUT2D eigenvalue weighted by Crippen LogP contribution is -2.19. The summed E-state index contributed by atoms with van der Waals surface area (Å²) in [6, 6.07) is 23.0. The minimum absolute atomic E-state index is 0.162. The number of nitrogens with one attached hydrogen (secondary N) is 3. The third-order valence-electron chi connectivity index (χ3n) is 6.35. The van der Waals surface area contributed by atoms with Gasteiger partial charge >= 0.3 is 0 Å². The van der Waals surface area contributed by atoms with E-state index in [9.17, 15) is 4.79 Å². The smallest absolute Gasteiger partial charge is 0.255 e. The molecule has 0 unspecified atom stereocenters. The molecule has 0 radical (unpaired) electrons. The molecule has 5 aromatic rings. The van der Waals surface area contributed by atoms with Gasteiger partial charge < -0.3 is 5.32 Å². The summed E-state index contributed by atoms with van der Waals surface area (Å²) in [6.07, 6.45) is 2.49. The van der Waals surface area contributed by atoms with Crippen LogP contribution in [0.4, 0.5) is 5.69 Å². The van der Waals surface area contributed by atoms with Crippen LogP contribution in [0, 0.1) is 0 Å². The number of carbonyl (C=O) groups is 1. The number of hydrogen-bond acceptors (Lipinski definition) is 5. The molecule has 8 heteroatoms. The molecule has 2 aromatic heterocycles. The first kappa shape index (κ1) is 21.2. The van der Waals surface area contributed by atoms with Gasteiger partial charge in [-0.05, 0) is 68.4 Å². The Morgan fingerprint density at radius 2 is 1.74 bits per heavy atom. The summed E-state index contributed by atoms with van der Waals surface area (Å²) in [7, 11) is 0. The van der Waals surface area contributed by atoms with Crippen molar-refractivity contribution in [3.8, 4) is 22.6 Å². The van der Waals surface area contributed by atoms with Crippen molar-refractivity contribution in [1.82, 2.24) is 30.3 Å². The quantitative estimate of drug-likeness (QED) is 0.334. The lowest BCUT2D eigenvalue weighted by atomic mass is 10.0. The predicted molar refractivity (Wildman–Crippen MR) is 136 cm³/mol. The molecule has 3 heterocycles. The average Bonchev–Trinajstić information content (AvgIpc) is 3.66. The van der Waals surface area contributed by atoms with Crippen LogP contribution in [0.5, 0.6) is 0 Å². The number of carbonyl (C=O) groups excluding carboxylic acids is 1. The zero-order valence-corrected chi connectivity index (χ0v) is 19.2. The van der Waals surface area contributed by atoms with Gasteiger partial charge in [0.15, 0.2) is 5.82 Å². The van der Waals surface area contributed by atoms with E-state index in [1.807, 2.05) is 66.7 Å². The molecule has 1 fully saturated rings. The Hall–Kier alpha value is -4.30. The topological polar surface area (TPSA) is 103 Å². The van der Waals surface area contributed by atoms with Crippen LogP contribution in [-0.2, 0) is 6.54 Å². The highest BCUT2D eigenvalue weighted by atomic mass is 16.1. The predicted octanol–water partition coefficient (Wildman–Crippen LogP) is 4.86. The summed E-state index contributed by atoms with van der Waals surface area (Å²) in [6.45, 7) is 3.02. The van der Waals surface area contributed by atoms with E-state index in [1.165, 1.54) is 12.8 Å². The minimum Gasteiger partial charge on any atom is -0.322 e. The second-order valence-corrected chi connectivity index (χ2v) is 8.82. The number of hydrogen-bond donors (Lipinski definition) is 3. The largest absolute Gasteiger partial charge is 0.322 e. The van der Waals surface area contributed by atoms with Gasteiger partial charge in [-0.3, -0.25) is 19.9 Å². The highest BCUT2D eigenvalue weighted by Crippen LogP contribution is 2.30. The Kier molecular flexibility index (Phi) is 5.56. The van der Waals surface area contributed by atoms with Crippen LogP contribution in [0.3, 0.4) is 0 Å². The fourth-order valence-electron chi connectivity index (χ4n) is 4.55. The Bertz CT molecular complexity index is 1480. The van der Waals surface area contributed by atoms with Crippen LogP contribution in [0.1, 0.15) is 29.0 Å². The highest BCUT2D eigenvalue weighted by molar-refractivity contribution is 6.05. The molecule has 1 aliphatic heterocycles. The standard InChI is InChI=1S/C27H25N7O/c35-27(28-21-9-2-1-3-10-21)20-8-6-7-18(15-20)25-22-16-19(11-12-23(22)30-32-25)26-29-24(31-33-26)17-34-13-4-5-14-34/h1-3,6-12,15-16H,4-5,13-14,17H2,(H,28,35)(H,30,32)(H,29,31,33). The number of para-hydroxylation sites is 1. The summed E-state index contributed by atoms with van der Waals surface area (Å²) >= 11 is 0. The molecule has 3 N–H and O–H groups in total. The molecule has 0 spiro atoms. The van der Waals surface area contributed by atoms with Crippen molar-refractivity contribution in [3.63, 3.8) is 0 Å². The first-order chi connectivity index (χ1) is 17.2. The SMILES string of the molecule is O=C(Nc1ccccc1)c1cccc(-c2n[nH]c3ccc(-c4n[nH]c(CN5CCCC5)n4)cc23)c1. The summed E-state index contributed by atoms with van der Waals surface area (Å²) in [4.78, 5) is 19.9. The van der Waals surface area contributed by atoms with Gasteiger partial charge in [0.05, 0.1) is 17.8 Å². The molecule has 0 atom stereocenters. The van der Waals surface area contributed by atoms with E-state index in [0.717, 1.165) is 58.9 Å². The van der Waals surface area contributed by atoms with Gasteiger partial charge in [-0.25, -0.2) is 4.98 Å². The molecule has 6 rings (SSSR count). The maximum absolute atomic E-state index is 12.8. The number of likely N-dealkylation sites (tertiary alicyclic amines) is 1. The third-order valence-corrected chi connectivity index (χ3v) is 6.35. The van der Waals surface area contributed by atoms with Crippen LogP contribution in [0.25, 0.3) is 33.5 Å². The number of aromatic amines is 2. The molecule has 0 aliphatic carbocycles. The molecule has 35 heavy (non-hydrogen) atoms. The number of anilines is 1. The van der Waals surface area contributed by atoms with Crippen LogP contribution < -0.4 is 5.32 Å². The summed E-state index contributed by atoms with van der Waals surface area (Å²) in [5, 5.41) is 19.1. The molecule has 0 saturated carbocycles. The van der Waals surface area contributed by atoms with Gasteiger partial charge in [0, 0.05) is 27.8 Å². The zero-order chi connectivity index (χ0) is 23.6. The molecule has 1 saturated heterocycles. The Labute approximate surface area is 202 Å². The molecular formula is C27H25N7O. The maximum atomic E-state index is 12.8. The highest BCUT2D eigenvalue weighted by Gasteiger charge is 2.16. The van der Waals surface area contributed by atoms with Gasteiger partial charge in [0.25, 0.3) is 5.91 Å². The Balaban J connectivity index is 1.28. The van der Waals surface area contributed by atoms with Gasteiger partial charge in [0.2, 0.25) is 0 Å². The van der Waals surface area contributed by atoms with Gasteiger partial charge in [-0.2, -0.15) is 10.2 Å². The Morgan fingerprint density at radius 1 is 0.886 bits per heavy atom. The van der Waals surface area contributed by atoms with Crippen molar-refractivity contribution >= 4 is 22.5 Å². The number of benzene rings is 3. The van der Waals surface area contributed by atoms with E-state index in [4.69, 9.17) is 4.98 Å². The number of nitrogens with zero attached hydrogens (tertiary/aromatic N) is 4. The lowest BCUT2D eigenvalue weighted by Gasteiger charge is -2.11. The Morgan fingerprint density at radius 3 is 2.60 bits per heavy atom. The van der Waals surface area contributed by atoms with Crippen LogP contribution in [-0.4, -0.2) is 49.3 Å². The van der Waals surface area contributed by atoms with Crippen molar-refractivity contribution in [2.24, 2.45) is 0 Å². The fourth-order valence-corrected chi connectivity index (χ4v) is 4.55. The third kappa shape index (κ3) is 4.43. The average molecular weight is 464 g/mol.